The van der Waals surface area contributed by atoms with Crippen LogP contribution in [0.1, 0.15) is 55.6 Å². The van der Waals surface area contributed by atoms with Crippen LogP contribution in [0.3, 0.4) is 0 Å². The summed E-state index contributed by atoms with van der Waals surface area (Å²) in [5.74, 6) is 1.03. The molecule has 1 heterocycles. The number of Topliss-reactive ketones (excluding diaryl/α,β-unsaturated/α-hetero) is 1. The topological polar surface area (TPSA) is 33.2 Å². The highest BCUT2D eigenvalue weighted by molar-refractivity contribution is 7.17. The van der Waals surface area contributed by atoms with Gasteiger partial charge < -0.3 is 4.90 Å². The zero-order valence-electron chi connectivity index (χ0n) is 11.5. The van der Waals surface area contributed by atoms with Gasteiger partial charge in [0.1, 0.15) is 0 Å². The van der Waals surface area contributed by atoms with E-state index in [9.17, 15) is 4.79 Å². The summed E-state index contributed by atoms with van der Waals surface area (Å²) in [5.41, 5.74) is 0. The van der Waals surface area contributed by atoms with Crippen LogP contribution in [-0.2, 0) is 0 Å². The van der Waals surface area contributed by atoms with Crippen molar-refractivity contribution >= 4 is 22.3 Å². The smallest absolute Gasteiger partial charge is 0.185 e. The zero-order valence-corrected chi connectivity index (χ0v) is 12.3. The van der Waals surface area contributed by atoms with E-state index in [0.717, 1.165) is 15.9 Å². The predicted octanol–water partition coefficient (Wildman–Crippen LogP) is 3.75. The molecule has 1 aliphatic rings. The molecule has 1 aliphatic carbocycles. The summed E-state index contributed by atoms with van der Waals surface area (Å²) in [6.45, 7) is 3.89. The van der Waals surface area contributed by atoms with Crippen molar-refractivity contribution in [2.24, 2.45) is 5.92 Å². The summed E-state index contributed by atoms with van der Waals surface area (Å²) in [6, 6.07) is 0.596. The standard InChI is InChI=1S/C14H22N2OS/c1-4-11-5-7-12(8-6-11)16(3)14-15-9-13(18-14)10(2)17/h9,11-12H,4-8H2,1-3H3. The molecular formula is C14H22N2OS. The third kappa shape index (κ3) is 2.91. The lowest BCUT2D eigenvalue weighted by molar-refractivity contribution is 0.102. The highest BCUT2D eigenvalue weighted by Gasteiger charge is 2.24. The first-order valence-corrected chi connectivity index (χ1v) is 7.63. The molecule has 1 fully saturated rings. The minimum absolute atomic E-state index is 0.113. The molecule has 2 rings (SSSR count). The molecule has 1 aromatic rings. The summed E-state index contributed by atoms with van der Waals surface area (Å²) >= 11 is 1.51. The maximum atomic E-state index is 11.3. The number of anilines is 1. The van der Waals surface area contributed by atoms with E-state index in [1.165, 1.54) is 43.4 Å². The SMILES string of the molecule is CCC1CCC(N(C)c2ncc(C(C)=O)s2)CC1. The number of thiazole rings is 1. The number of hydrogen-bond donors (Lipinski definition) is 0. The Labute approximate surface area is 113 Å². The molecule has 0 unspecified atom stereocenters. The van der Waals surface area contributed by atoms with Crippen LogP contribution in [-0.4, -0.2) is 23.9 Å². The first kappa shape index (κ1) is 13.5. The Balaban J connectivity index is 1.98. The fraction of sp³-hybridized carbons (Fsp3) is 0.714. The molecule has 0 amide bonds. The second-order valence-electron chi connectivity index (χ2n) is 5.26. The Bertz CT molecular complexity index is 408. The predicted molar refractivity (Wildman–Crippen MR) is 76.6 cm³/mol. The first-order chi connectivity index (χ1) is 8.61. The number of aromatic nitrogens is 1. The lowest BCUT2D eigenvalue weighted by atomic mass is 9.84. The Morgan fingerprint density at radius 3 is 2.61 bits per heavy atom. The highest BCUT2D eigenvalue weighted by Crippen LogP contribution is 2.32. The molecule has 0 atom stereocenters. The van der Waals surface area contributed by atoms with Crippen molar-refractivity contribution in [3.05, 3.63) is 11.1 Å². The molecule has 0 spiro atoms. The van der Waals surface area contributed by atoms with Gasteiger partial charge in [0, 0.05) is 20.0 Å². The fourth-order valence-corrected chi connectivity index (χ4v) is 3.53. The minimum atomic E-state index is 0.113. The molecule has 1 saturated carbocycles. The van der Waals surface area contributed by atoms with Gasteiger partial charge in [0.25, 0.3) is 0 Å². The van der Waals surface area contributed by atoms with E-state index in [1.807, 2.05) is 0 Å². The molecule has 0 saturated heterocycles. The van der Waals surface area contributed by atoms with Crippen LogP contribution in [0.4, 0.5) is 5.13 Å². The van der Waals surface area contributed by atoms with Crippen molar-refractivity contribution in [2.75, 3.05) is 11.9 Å². The molecule has 1 aromatic heterocycles. The van der Waals surface area contributed by atoms with Crippen LogP contribution in [0.15, 0.2) is 6.20 Å². The fourth-order valence-electron chi connectivity index (χ4n) is 2.69. The lowest BCUT2D eigenvalue weighted by Crippen LogP contribution is -2.35. The van der Waals surface area contributed by atoms with Crippen LogP contribution in [0.2, 0.25) is 0 Å². The van der Waals surface area contributed by atoms with Crippen molar-refractivity contribution in [3.63, 3.8) is 0 Å². The van der Waals surface area contributed by atoms with Crippen molar-refractivity contribution in [2.45, 2.75) is 52.0 Å². The van der Waals surface area contributed by atoms with Gasteiger partial charge >= 0.3 is 0 Å². The quantitative estimate of drug-likeness (QED) is 0.778. The number of hydrogen-bond acceptors (Lipinski definition) is 4. The molecule has 0 aromatic carbocycles. The van der Waals surface area contributed by atoms with Gasteiger partial charge in [-0.05, 0) is 31.6 Å². The molecule has 0 N–H and O–H groups in total. The molecule has 100 valence electrons. The Morgan fingerprint density at radius 1 is 1.44 bits per heavy atom. The average molecular weight is 266 g/mol. The van der Waals surface area contributed by atoms with E-state index in [4.69, 9.17) is 0 Å². The van der Waals surface area contributed by atoms with Crippen molar-refractivity contribution < 1.29 is 4.79 Å². The van der Waals surface area contributed by atoms with Crippen LogP contribution in [0.5, 0.6) is 0 Å². The van der Waals surface area contributed by atoms with Crippen molar-refractivity contribution in [1.29, 1.82) is 0 Å². The normalized spacial score (nSPS) is 23.9. The minimum Gasteiger partial charge on any atom is -0.348 e. The maximum Gasteiger partial charge on any atom is 0.185 e. The summed E-state index contributed by atoms with van der Waals surface area (Å²) in [5, 5.41) is 0.986. The molecule has 0 aliphatic heterocycles. The van der Waals surface area contributed by atoms with Crippen LogP contribution in [0.25, 0.3) is 0 Å². The van der Waals surface area contributed by atoms with Gasteiger partial charge in [-0.25, -0.2) is 4.98 Å². The molecule has 3 nitrogen and oxygen atoms in total. The molecule has 18 heavy (non-hydrogen) atoms. The van der Waals surface area contributed by atoms with Gasteiger partial charge in [-0.15, -0.1) is 0 Å². The number of carbonyl (C=O) groups excluding carboxylic acids is 1. The largest absolute Gasteiger partial charge is 0.348 e. The zero-order chi connectivity index (χ0) is 13.1. The van der Waals surface area contributed by atoms with Gasteiger partial charge in [0.2, 0.25) is 0 Å². The maximum absolute atomic E-state index is 11.3. The van der Waals surface area contributed by atoms with Crippen molar-refractivity contribution in [3.8, 4) is 0 Å². The molecule has 4 heteroatoms. The van der Waals surface area contributed by atoms with E-state index in [-0.39, 0.29) is 5.78 Å². The Kier molecular flexibility index (Phi) is 4.38. The van der Waals surface area contributed by atoms with Gasteiger partial charge in [-0.3, -0.25) is 4.79 Å². The van der Waals surface area contributed by atoms with Crippen LogP contribution >= 0.6 is 11.3 Å². The summed E-state index contributed by atoms with van der Waals surface area (Å²) in [6.07, 6.45) is 8.18. The van der Waals surface area contributed by atoms with E-state index in [1.54, 1.807) is 13.1 Å². The van der Waals surface area contributed by atoms with Gasteiger partial charge in [-0.1, -0.05) is 24.7 Å². The van der Waals surface area contributed by atoms with E-state index in [2.05, 4.69) is 23.9 Å². The number of carbonyl (C=O) groups is 1. The van der Waals surface area contributed by atoms with Crippen LogP contribution < -0.4 is 4.90 Å². The lowest BCUT2D eigenvalue weighted by Gasteiger charge is -2.34. The third-order valence-electron chi connectivity index (χ3n) is 4.08. The van der Waals surface area contributed by atoms with Gasteiger partial charge in [0.15, 0.2) is 10.9 Å². The molecule has 0 radical (unpaired) electrons. The average Bonchev–Trinajstić information content (AvgIpc) is 2.88. The van der Waals surface area contributed by atoms with Crippen LogP contribution in [0, 0.1) is 5.92 Å². The molecule has 0 bridgehead atoms. The highest BCUT2D eigenvalue weighted by atomic mass is 32.1. The van der Waals surface area contributed by atoms with E-state index >= 15 is 0 Å². The van der Waals surface area contributed by atoms with E-state index in [0.29, 0.717) is 6.04 Å². The summed E-state index contributed by atoms with van der Waals surface area (Å²) in [7, 11) is 2.11. The number of nitrogens with zero attached hydrogens (tertiary/aromatic N) is 2. The third-order valence-corrected chi connectivity index (χ3v) is 5.27. The Morgan fingerprint density at radius 2 is 2.11 bits per heavy atom. The van der Waals surface area contributed by atoms with E-state index < -0.39 is 0 Å². The second kappa shape index (κ2) is 5.83. The second-order valence-corrected chi connectivity index (χ2v) is 6.27. The van der Waals surface area contributed by atoms with Gasteiger partial charge in [-0.2, -0.15) is 0 Å². The monoisotopic (exact) mass is 266 g/mol. The Hall–Kier alpha value is -0.900. The van der Waals surface area contributed by atoms with Gasteiger partial charge in [0.05, 0.1) is 11.1 Å². The first-order valence-electron chi connectivity index (χ1n) is 6.81. The number of ketones is 1. The van der Waals surface area contributed by atoms with Crippen molar-refractivity contribution in [1.82, 2.24) is 4.98 Å². The number of rotatable bonds is 4. The summed E-state index contributed by atoms with van der Waals surface area (Å²) < 4.78 is 0. The molecular weight excluding hydrogens is 244 g/mol. The summed E-state index contributed by atoms with van der Waals surface area (Å²) in [4.78, 5) is 18.7.